The van der Waals surface area contributed by atoms with E-state index < -0.39 is 0 Å². The minimum absolute atomic E-state index is 0.0582. The van der Waals surface area contributed by atoms with E-state index in [4.69, 9.17) is 4.42 Å². The summed E-state index contributed by atoms with van der Waals surface area (Å²) in [4.78, 5) is 15.2. The monoisotopic (exact) mass is 381 g/mol. The molecule has 0 radical (unpaired) electrons. The van der Waals surface area contributed by atoms with Crippen molar-refractivity contribution in [3.05, 3.63) is 47.7 Å². The van der Waals surface area contributed by atoms with E-state index in [0.29, 0.717) is 23.6 Å². The van der Waals surface area contributed by atoms with Crippen LogP contribution in [0.4, 0.5) is 0 Å². The number of amides is 1. The van der Waals surface area contributed by atoms with E-state index in [1.165, 1.54) is 0 Å². The number of hydrogen-bond donors (Lipinski definition) is 1. The van der Waals surface area contributed by atoms with Crippen molar-refractivity contribution in [2.75, 3.05) is 26.2 Å². The molecule has 1 aliphatic heterocycles. The van der Waals surface area contributed by atoms with Crippen LogP contribution >= 0.6 is 0 Å². The highest BCUT2D eigenvalue weighted by Gasteiger charge is 2.21. The molecule has 0 spiro atoms. The van der Waals surface area contributed by atoms with Crippen LogP contribution in [0.25, 0.3) is 11.0 Å². The minimum atomic E-state index is -0.0582. The molecule has 1 N–H and O–H groups in total. The van der Waals surface area contributed by atoms with Gasteiger partial charge in [-0.3, -0.25) is 4.79 Å². The number of nitrogens with zero attached hydrogens (tertiary/aromatic N) is 4. The van der Waals surface area contributed by atoms with Crippen LogP contribution in [0, 0.1) is 19.8 Å². The van der Waals surface area contributed by atoms with Gasteiger partial charge in [-0.15, -0.1) is 10.2 Å². The molecule has 3 aromatic rings. The predicted octanol–water partition coefficient (Wildman–Crippen LogP) is 2.78. The molecule has 28 heavy (non-hydrogen) atoms. The average Bonchev–Trinajstić information content (AvgIpc) is 3.28. The molecule has 1 amide bonds. The van der Waals surface area contributed by atoms with Crippen LogP contribution in [0.3, 0.4) is 0 Å². The Hall–Kier alpha value is -2.67. The van der Waals surface area contributed by atoms with Crippen molar-refractivity contribution in [2.45, 2.75) is 33.2 Å². The lowest BCUT2D eigenvalue weighted by atomic mass is 9.98. The standard InChI is InChI=1S/C21H27N5O2/c1-15-11-18-6-3-7-19(20(18)28-15)21(27)22-12-17-5-4-8-25(13-17)9-10-26-14-23-24-16(26)2/h3,6-7,11,14,17H,4-5,8-10,12-13H2,1-2H3,(H,22,27). The van der Waals surface area contributed by atoms with Gasteiger partial charge in [0.25, 0.3) is 5.91 Å². The molecule has 1 aliphatic rings. The Bertz CT molecular complexity index is 961. The van der Waals surface area contributed by atoms with Crippen molar-refractivity contribution in [2.24, 2.45) is 5.92 Å². The smallest absolute Gasteiger partial charge is 0.255 e. The summed E-state index contributed by atoms with van der Waals surface area (Å²) >= 11 is 0. The molecule has 2 aromatic heterocycles. The summed E-state index contributed by atoms with van der Waals surface area (Å²) in [6.07, 6.45) is 4.09. The zero-order chi connectivity index (χ0) is 19.5. The maximum atomic E-state index is 12.7. The van der Waals surface area contributed by atoms with Gasteiger partial charge in [-0.1, -0.05) is 12.1 Å². The molecule has 1 saturated heterocycles. The van der Waals surface area contributed by atoms with Gasteiger partial charge in [-0.05, 0) is 51.3 Å². The molecule has 7 nitrogen and oxygen atoms in total. The second-order valence-corrected chi connectivity index (χ2v) is 7.67. The zero-order valence-electron chi connectivity index (χ0n) is 16.5. The van der Waals surface area contributed by atoms with E-state index >= 15 is 0 Å². The number of piperidine rings is 1. The Morgan fingerprint density at radius 2 is 2.21 bits per heavy atom. The molecular formula is C21H27N5O2. The van der Waals surface area contributed by atoms with Crippen molar-refractivity contribution in [3.8, 4) is 0 Å². The van der Waals surface area contributed by atoms with Gasteiger partial charge in [0.2, 0.25) is 0 Å². The van der Waals surface area contributed by atoms with Gasteiger partial charge in [-0.2, -0.15) is 0 Å². The third kappa shape index (κ3) is 4.09. The Morgan fingerprint density at radius 3 is 3.04 bits per heavy atom. The number of benzene rings is 1. The van der Waals surface area contributed by atoms with Gasteiger partial charge >= 0.3 is 0 Å². The number of carbonyl (C=O) groups excluding carboxylic acids is 1. The number of aryl methyl sites for hydroxylation is 2. The fourth-order valence-corrected chi connectivity index (χ4v) is 4.01. The molecule has 1 aromatic carbocycles. The van der Waals surface area contributed by atoms with Crippen LogP contribution in [0.15, 0.2) is 35.0 Å². The maximum Gasteiger partial charge on any atom is 0.255 e. The molecule has 1 atom stereocenters. The normalized spacial score (nSPS) is 17.9. The first-order chi connectivity index (χ1) is 13.6. The SMILES string of the molecule is Cc1cc2cccc(C(=O)NCC3CCCN(CCn4cnnc4C)C3)c2o1. The van der Waals surface area contributed by atoms with Crippen molar-refractivity contribution in [1.29, 1.82) is 0 Å². The summed E-state index contributed by atoms with van der Waals surface area (Å²) in [5.74, 6) is 2.18. The van der Waals surface area contributed by atoms with Gasteiger partial charge in [0, 0.05) is 31.6 Å². The lowest BCUT2D eigenvalue weighted by molar-refractivity contribution is 0.0932. The van der Waals surface area contributed by atoms with E-state index in [1.54, 1.807) is 6.33 Å². The first-order valence-corrected chi connectivity index (χ1v) is 9.94. The fraction of sp³-hybridized carbons (Fsp3) is 0.476. The number of nitrogens with one attached hydrogen (secondary N) is 1. The predicted molar refractivity (Wildman–Crippen MR) is 107 cm³/mol. The zero-order valence-corrected chi connectivity index (χ0v) is 16.5. The number of fused-ring (bicyclic) bond motifs is 1. The van der Waals surface area contributed by atoms with Crippen LogP contribution in [-0.4, -0.2) is 51.8 Å². The van der Waals surface area contributed by atoms with Crippen molar-refractivity contribution in [1.82, 2.24) is 25.0 Å². The quantitative estimate of drug-likeness (QED) is 0.711. The largest absolute Gasteiger partial charge is 0.461 e. The summed E-state index contributed by atoms with van der Waals surface area (Å²) < 4.78 is 7.81. The molecule has 4 rings (SSSR count). The summed E-state index contributed by atoms with van der Waals surface area (Å²) in [6, 6.07) is 7.67. The number of likely N-dealkylation sites (tertiary alicyclic amines) is 1. The number of aromatic nitrogens is 3. The number of hydrogen-bond acceptors (Lipinski definition) is 5. The molecule has 0 bridgehead atoms. The van der Waals surface area contributed by atoms with Gasteiger partial charge < -0.3 is 19.2 Å². The van der Waals surface area contributed by atoms with Gasteiger partial charge in [0.1, 0.15) is 23.5 Å². The average molecular weight is 381 g/mol. The summed E-state index contributed by atoms with van der Waals surface area (Å²) in [7, 11) is 0. The maximum absolute atomic E-state index is 12.7. The number of furan rings is 1. The Balaban J connectivity index is 1.31. The van der Waals surface area contributed by atoms with Crippen LogP contribution in [0.1, 0.15) is 34.8 Å². The summed E-state index contributed by atoms with van der Waals surface area (Å²) in [6.45, 7) is 8.56. The summed E-state index contributed by atoms with van der Waals surface area (Å²) in [5, 5.41) is 12.1. The van der Waals surface area contributed by atoms with Gasteiger partial charge in [-0.25, -0.2) is 0 Å². The number of carbonyl (C=O) groups is 1. The van der Waals surface area contributed by atoms with E-state index in [9.17, 15) is 4.79 Å². The first kappa shape index (κ1) is 18.7. The third-order valence-corrected chi connectivity index (χ3v) is 5.53. The highest BCUT2D eigenvalue weighted by molar-refractivity contribution is 6.04. The minimum Gasteiger partial charge on any atom is -0.461 e. The van der Waals surface area contributed by atoms with Crippen molar-refractivity contribution < 1.29 is 9.21 Å². The fourth-order valence-electron chi connectivity index (χ4n) is 4.01. The number of rotatable bonds is 6. The van der Waals surface area contributed by atoms with E-state index in [0.717, 1.165) is 56.0 Å². The Labute approximate surface area is 164 Å². The lowest BCUT2D eigenvalue weighted by Gasteiger charge is -2.32. The van der Waals surface area contributed by atoms with E-state index in [-0.39, 0.29) is 5.91 Å². The van der Waals surface area contributed by atoms with Crippen LogP contribution in [-0.2, 0) is 6.54 Å². The molecule has 148 valence electrons. The Morgan fingerprint density at radius 1 is 1.32 bits per heavy atom. The van der Waals surface area contributed by atoms with Crippen LogP contribution in [0.2, 0.25) is 0 Å². The molecule has 1 unspecified atom stereocenters. The molecular weight excluding hydrogens is 354 g/mol. The second kappa shape index (κ2) is 8.14. The summed E-state index contributed by atoms with van der Waals surface area (Å²) in [5.41, 5.74) is 1.29. The number of para-hydroxylation sites is 1. The van der Waals surface area contributed by atoms with E-state index in [2.05, 4.69) is 25.0 Å². The van der Waals surface area contributed by atoms with Gasteiger partial charge in [0.15, 0.2) is 0 Å². The Kier molecular flexibility index (Phi) is 5.43. The topological polar surface area (TPSA) is 76.2 Å². The lowest BCUT2D eigenvalue weighted by Crippen LogP contribution is -2.42. The first-order valence-electron chi connectivity index (χ1n) is 9.94. The van der Waals surface area contributed by atoms with Crippen LogP contribution < -0.4 is 5.32 Å². The molecule has 3 heterocycles. The van der Waals surface area contributed by atoms with Crippen molar-refractivity contribution in [3.63, 3.8) is 0 Å². The molecule has 1 fully saturated rings. The van der Waals surface area contributed by atoms with Gasteiger partial charge in [0.05, 0.1) is 5.56 Å². The van der Waals surface area contributed by atoms with Crippen LogP contribution in [0.5, 0.6) is 0 Å². The third-order valence-electron chi connectivity index (χ3n) is 5.53. The van der Waals surface area contributed by atoms with Crippen molar-refractivity contribution >= 4 is 16.9 Å². The second-order valence-electron chi connectivity index (χ2n) is 7.67. The molecule has 7 heteroatoms. The van der Waals surface area contributed by atoms with E-state index in [1.807, 2.05) is 38.1 Å². The molecule has 0 aliphatic carbocycles. The molecule has 0 saturated carbocycles. The highest BCUT2D eigenvalue weighted by Crippen LogP contribution is 2.23. The highest BCUT2D eigenvalue weighted by atomic mass is 16.3.